The van der Waals surface area contributed by atoms with Gasteiger partial charge in [-0.05, 0) is 70.0 Å². The number of fused-ring (bicyclic) bond motifs is 1. The van der Waals surface area contributed by atoms with Gasteiger partial charge in [0.2, 0.25) is 11.8 Å². The maximum Gasteiger partial charge on any atom is 0.245 e. The molecule has 0 radical (unpaired) electrons. The predicted octanol–water partition coefficient (Wildman–Crippen LogP) is 3.61. The molecule has 0 bridgehead atoms. The maximum absolute atomic E-state index is 14.0. The summed E-state index contributed by atoms with van der Waals surface area (Å²) < 4.78 is 0. The van der Waals surface area contributed by atoms with E-state index in [0.717, 1.165) is 45.4 Å². The second-order valence-corrected chi connectivity index (χ2v) is 11.1. The van der Waals surface area contributed by atoms with Crippen molar-refractivity contribution in [1.29, 1.82) is 0 Å². The molecule has 1 saturated carbocycles. The largest absolute Gasteiger partial charge is 0.343 e. The molecule has 2 heterocycles. The van der Waals surface area contributed by atoms with Crippen molar-refractivity contribution in [1.82, 2.24) is 20.4 Å². The van der Waals surface area contributed by atoms with E-state index in [4.69, 9.17) is 0 Å². The van der Waals surface area contributed by atoms with Gasteiger partial charge in [0.25, 0.3) is 0 Å². The van der Waals surface area contributed by atoms with Crippen molar-refractivity contribution in [2.75, 3.05) is 33.2 Å². The molecule has 194 valence electrons. The zero-order valence-electron chi connectivity index (χ0n) is 21.9. The third-order valence-corrected chi connectivity index (χ3v) is 8.76. The number of amides is 2. The van der Waals surface area contributed by atoms with Gasteiger partial charge in [0.15, 0.2) is 0 Å². The number of carbonyl (C=O) groups is 2. The first-order valence-corrected chi connectivity index (χ1v) is 14.1. The molecule has 3 fully saturated rings. The average Bonchev–Trinajstić information content (AvgIpc) is 3.17. The summed E-state index contributed by atoms with van der Waals surface area (Å²) in [5.41, 5.74) is 1.38. The van der Waals surface area contributed by atoms with Crippen molar-refractivity contribution in [3.8, 4) is 0 Å². The summed E-state index contributed by atoms with van der Waals surface area (Å²) >= 11 is 0. The zero-order valence-corrected chi connectivity index (χ0v) is 21.9. The first kappa shape index (κ1) is 26.2. The molecule has 6 nitrogen and oxygen atoms in total. The number of carbonyl (C=O) groups excluding carboxylic acids is 2. The van der Waals surface area contributed by atoms with Crippen molar-refractivity contribution >= 4 is 11.8 Å². The minimum absolute atomic E-state index is 0.0669. The Morgan fingerprint density at radius 3 is 2.51 bits per heavy atom. The van der Waals surface area contributed by atoms with Crippen LogP contribution in [0.15, 0.2) is 30.3 Å². The molecule has 2 aliphatic heterocycles. The number of rotatable bonds is 9. The van der Waals surface area contributed by atoms with Gasteiger partial charge in [-0.25, -0.2) is 0 Å². The lowest BCUT2D eigenvalue weighted by Gasteiger charge is -2.35. The van der Waals surface area contributed by atoms with Crippen molar-refractivity contribution in [2.24, 2.45) is 11.8 Å². The summed E-state index contributed by atoms with van der Waals surface area (Å²) in [5.74, 6) is 1.22. The second kappa shape index (κ2) is 12.9. The standard InChI is InChI=1S/C29H46N4O2/c1-22(30-2)28(34)31-26(20-24-12-7-4-8-13-24)29(35)33-19-16-25-14-9-17-32(21-27(25)33)18-15-23-10-5-3-6-11-23/h3,5-6,10-11,22,24-27,30H,4,7-9,12-21H2,1-2H3,(H,31,34)/t22-,25+,26-,27+/m0/s1. The van der Waals surface area contributed by atoms with Crippen LogP contribution in [0.5, 0.6) is 0 Å². The van der Waals surface area contributed by atoms with Gasteiger partial charge in [-0.3, -0.25) is 9.59 Å². The highest BCUT2D eigenvalue weighted by molar-refractivity contribution is 5.90. The predicted molar refractivity (Wildman–Crippen MR) is 141 cm³/mol. The Kier molecular flexibility index (Phi) is 9.61. The Hall–Kier alpha value is -1.92. The van der Waals surface area contributed by atoms with Crippen LogP contribution in [0.1, 0.15) is 70.3 Å². The Morgan fingerprint density at radius 1 is 1.00 bits per heavy atom. The van der Waals surface area contributed by atoms with Crippen LogP contribution in [0, 0.1) is 11.8 Å². The first-order valence-electron chi connectivity index (χ1n) is 14.1. The summed E-state index contributed by atoms with van der Waals surface area (Å²) in [4.78, 5) is 31.5. The molecule has 4 atom stereocenters. The molecule has 4 rings (SSSR count). The Labute approximate surface area is 212 Å². The van der Waals surface area contributed by atoms with Gasteiger partial charge in [0, 0.05) is 25.7 Å². The smallest absolute Gasteiger partial charge is 0.245 e. The summed E-state index contributed by atoms with van der Waals surface area (Å²) in [5, 5.41) is 6.18. The lowest BCUT2D eigenvalue weighted by molar-refractivity contribution is -0.138. The van der Waals surface area contributed by atoms with E-state index in [1.165, 1.54) is 50.5 Å². The van der Waals surface area contributed by atoms with Gasteiger partial charge < -0.3 is 20.4 Å². The maximum atomic E-state index is 14.0. The summed E-state index contributed by atoms with van der Waals surface area (Å²) in [6.45, 7) is 5.81. The monoisotopic (exact) mass is 482 g/mol. The summed E-state index contributed by atoms with van der Waals surface area (Å²) in [6.07, 6.45) is 11.5. The number of nitrogens with one attached hydrogen (secondary N) is 2. The molecule has 0 spiro atoms. The number of benzene rings is 1. The van der Waals surface area contributed by atoms with E-state index in [2.05, 4.69) is 50.8 Å². The van der Waals surface area contributed by atoms with Crippen LogP contribution < -0.4 is 10.6 Å². The van der Waals surface area contributed by atoms with Crippen LogP contribution >= 0.6 is 0 Å². The SMILES string of the molecule is CN[C@@H](C)C(=O)N[C@@H](CC1CCCCC1)C(=O)N1CC[C@H]2CCCN(CCc3ccccc3)C[C@H]21. The third-order valence-electron chi connectivity index (χ3n) is 8.76. The first-order chi connectivity index (χ1) is 17.0. The number of hydrogen-bond acceptors (Lipinski definition) is 4. The molecular weight excluding hydrogens is 436 g/mol. The van der Waals surface area contributed by atoms with Crippen molar-refractivity contribution in [3.05, 3.63) is 35.9 Å². The fraction of sp³-hybridized carbons (Fsp3) is 0.724. The fourth-order valence-electron chi connectivity index (χ4n) is 6.45. The number of hydrogen-bond donors (Lipinski definition) is 2. The topological polar surface area (TPSA) is 64.7 Å². The van der Waals surface area contributed by atoms with Crippen LogP contribution in [0.2, 0.25) is 0 Å². The van der Waals surface area contributed by atoms with Crippen molar-refractivity contribution in [3.63, 3.8) is 0 Å². The number of likely N-dealkylation sites (N-methyl/N-ethyl adjacent to an activating group) is 1. The van der Waals surface area contributed by atoms with Gasteiger partial charge in [-0.2, -0.15) is 0 Å². The van der Waals surface area contributed by atoms with E-state index in [-0.39, 0.29) is 23.9 Å². The number of nitrogens with zero attached hydrogens (tertiary/aromatic N) is 2. The van der Waals surface area contributed by atoms with E-state index in [0.29, 0.717) is 11.8 Å². The zero-order chi connectivity index (χ0) is 24.6. The molecule has 0 unspecified atom stereocenters. The highest BCUT2D eigenvalue weighted by atomic mass is 16.2. The Bertz CT molecular complexity index is 810. The van der Waals surface area contributed by atoms with Crippen LogP contribution in [0.25, 0.3) is 0 Å². The van der Waals surface area contributed by atoms with Gasteiger partial charge in [-0.1, -0.05) is 62.4 Å². The minimum Gasteiger partial charge on any atom is -0.343 e. The highest BCUT2D eigenvalue weighted by Gasteiger charge is 2.42. The van der Waals surface area contributed by atoms with E-state index in [9.17, 15) is 9.59 Å². The quantitative estimate of drug-likeness (QED) is 0.564. The van der Waals surface area contributed by atoms with Crippen LogP contribution in [0.3, 0.4) is 0 Å². The molecule has 6 heteroatoms. The van der Waals surface area contributed by atoms with Crippen LogP contribution in [-0.4, -0.2) is 73.0 Å². The molecule has 35 heavy (non-hydrogen) atoms. The molecule has 1 aliphatic carbocycles. The number of likely N-dealkylation sites (tertiary alicyclic amines) is 2. The highest BCUT2D eigenvalue weighted by Crippen LogP contribution is 2.33. The van der Waals surface area contributed by atoms with E-state index in [1.807, 2.05) is 6.92 Å². The van der Waals surface area contributed by atoms with Crippen molar-refractivity contribution in [2.45, 2.75) is 89.3 Å². The van der Waals surface area contributed by atoms with Crippen LogP contribution in [0.4, 0.5) is 0 Å². The molecule has 3 aliphatic rings. The van der Waals surface area contributed by atoms with E-state index < -0.39 is 6.04 Å². The summed E-state index contributed by atoms with van der Waals surface area (Å²) in [7, 11) is 1.79. The van der Waals surface area contributed by atoms with Gasteiger partial charge >= 0.3 is 0 Å². The Morgan fingerprint density at radius 2 is 1.77 bits per heavy atom. The lowest BCUT2D eigenvalue weighted by Crippen LogP contribution is -2.55. The van der Waals surface area contributed by atoms with Gasteiger partial charge in [-0.15, -0.1) is 0 Å². The van der Waals surface area contributed by atoms with E-state index >= 15 is 0 Å². The van der Waals surface area contributed by atoms with Gasteiger partial charge in [0.1, 0.15) is 6.04 Å². The molecular formula is C29H46N4O2. The average molecular weight is 483 g/mol. The molecule has 2 amide bonds. The van der Waals surface area contributed by atoms with Gasteiger partial charge in [0.05, 0.1) is 6.04 Å². The lowest BCUT2D eigenvalue weighted by atomic mass is 9.84. The second-order valence-electron chi connectivity index (χ2n) is 11.1. The fourth-order valence-corrected chi connectivity index (χ4v) is 6.45. The molecule has 2 saturated heterocycles. The van der Waals surface area contributed by atoms with E-state index in [1.54, 1.807) is 7.05 Å². The summed E-state index contributed by atoms with van der Waals surface area (Å²) in [6, 6.07) is 10.3. The molecule has 2 N–H and O–H groups in total. The molecule has 1 aromatic rings. The van der Waals surface area contributed by atoms with Crippen LogP contribution in [-0.2, 0) is 16.0 Å². The third kappa shape index (κ3) is 7.07. The normalized spacial score (nSPS) is 25.5. The molecule has 0 aromatic heterocycles. The minimum atomic E-state index is -0.402. The Balaban J connectivity index is 1.43. The molecule has 1 aromatic carbocycles. The van der Waals surface area contributed by atoms with Crippen molar-refractivity contribution < 1.29 is 9.59 Å².